The normalized spacial score (nSPS) is 16.0. The van der Waals surface area contributed by atoms with E-state index in [1.807, 2.05) is 6.07 Å². The van der Waals surface area contributed by atoms with Crippen LogP contribution in [0.1, 0.15) is 41.4 Å². The number of nitrogen functional groups attached to an aromatic ring is 1. The molecule has 96 valence electrons. The molecule has 1 heterocycles. The number of carbonyl (C=O) groups excluding carboxylic acids is 1. The van der Waals surface area contributed by atoms with Gasteiger partial charge in [-0.1, -0.05) is 6.92 Å². The quantitative estimate of drug-likeness (QED) is 0.755. The van der Waals surface area contributed by atoms with Crippen molar-refractivity contribution in [1.82, 2.24) is 0 Å². The number of nitrogens with one attached hydrogen (secondary N) is 1. The van der Waals surface area contributed by atoms with Gasteiger partial charge in [0.15, 0.2) is 0 Å². The monoisotopic (exact) mass is 264 g/mol. The second-order valence-electron chi connectivity index (χ2n) is 4.73. The maximum absolute atomic E-state index is 11.4. The molecule has 0 unspecified atom stereocenters. The first-order valence-corrected chi connectivity index (χ1v) is 6.70. The van der Waals surface area contributed by atoms with Gasteiger partial charge in [0.1, 0.15) is 15.9 Å². The highest BCUT2D eigenvalue weighted by Crippen LogP contribution is 2.49. The molecule has 0 atom stereocenters. The molecule has 1 aromatic heterocycles. The van der Waals surface area contributed by atoms with Crippen LogP contribution in [0.15, 0.2) is 0 Å². The van der Waals surface area contributed by atoms with Gasteiger partial charge in [-0.3, -0.25) is 4.79 Å². The zero-order chi connectivity index (χ0) is 13.3. The average molecular weight is 264 g/mol. The second-order valence-corrected chi connectivity index (χ2v) is 5.75. The van der Waals surface area contributed by atoms with Gasteiger partial charge in [-0.15, -0.1) is 11.3 Å². The zero-order valence-electron chi connectivity index (χ0n) is 10.2. The minimum absolute atomic E-state index is 0.193. The van der Waals surface area contributed by atoms with Crippen LogP contribution in [0.2, 0.25) is 0 Å². The van der Waals surface area contributed by atoms with Crippen LogP contribution in [-0.4, -0.2) is 12.5 Å². The topological polar surface area (TPSA) is 105 Å². The van der Waals surface area contributed by atoms with Gasteiger partial charge < -0.3 is 16.8 Å². The van der Waals surface area contributed by atoms with Gasteiger partial charge in [0.05, 0.1) is 11.3 Å². The lowest BCUT2D eigenvalue weighted by Crippen LogP contribution is -2.18. The van der Waals surface area contributed by atoms with Crippen molar-refractivity contribution in [3.8, 4) is 6.07 Å². The molecular formula is C12H16N4OS. The number of carbonyl (C=O) groups is 1. The van der Waals surface area contributed by atoms with E-state index in [1.165, 1.54) is 24.2 Å². The molecule has 0 saturated heterocycles. The number of primary amides is 1. The van der Waals surface area contributed by atoms with Crippen molar-refractivity contribution in [2.75, 3.05) is 17.6 Å². The number of anilines is 2. The van der Waals surface area contributed by atoms with Crippen LogP contribution in [-0.2, 0) is 0 Å². The number of nitriles is 1. The predicted octanol–water partition coefficient (Wildman–Crippen LogP) is 1.90. The molecule has 5 nitrogen and oxygen atoms in total. The largest absolute Gasteiger partial charge is 0.396 e. The lowest BCUT2D eigenvalue weighted by molar-refractivity contribution is 0.100. The van der Waals surface area contributed by atoms with E-state index in [4.69, 9.17) is 16.7 Å². The number of hydrogen-bond acceptors (Lipinski definition) is 5. The fourth-order valence-electron chi connectivity index (χ4n) is 2.00. The van der Waals surface area contributed by atoms with Gasteiger partial charge in [0.25, 0.3) is 5.91 Å². The minimum Gasteiger partial charge on any atom is -0.396 e. The van der Waals surface area contributed by atoms with E-state index >= 15 is 0 Å². The van der Waals surface area contributed by atoms with Crippen LogP contribution < -0.4 is 16.8 Å². The van der Waals surface area contributed by atoms with E-state index in [0.29, 0.717) is 15.3 Å². The van der Waals surface area contributed by atoms with Crippen LogP contribution >= 0.6 is 11.3 Å². The molecule has 5 N–H and O–H groups in total. The van der Waals surface area contributed by atoms with Gasteiger partial charge in [0, 0.05) is 6.54 Å². The highest BCUT2D eigenvalue weighted by molar-refractivity contribution is 7.17. The molecule has 1 saturated carbocycles. The molecule has 0 aromatic carbocycles. The highest BCUT2D eigenvalue weighted by Gasteiger charge is 2.40. The second kappa shape index (κ2) is 4.50. The molecular weight excluding hydrogens is 248 g/mol. The summed E-state index contributed by atoms with van der Waals surface area (Å²) in [4.78, 5) is 11.7. The van der Waals surface area contributed by atoms with Gasteiger partial charge >= 0.3 is 0 Å². The van der Waals surface area contributed by atoms with Gasteiger partial charge in [-0.05, 0) is 24.7 Å². The zero-order valence-corrected chi connectivity index (χ0v) is 11.1. The summed E-state index contributed by atoms with van der Waals surface area (Å²) in [6, 6.07) is 1.98. The Balaban J connectivity index is 2.22. The molecule has 1 amide bonds. The van der Waals surface area contributed by atoms with Crippen molar-refractivity contribution in [2.24, 2.45) is 11.1 Å². The van der Waals surface area contributed by atoms with E-state index in [9.17, 15) is 4.79 Å². The minimum atomic E-state index is -0.589. The van der Waals surface area contributed by atoms with Crippen molar-refractivity contribution in [3.63, 3.8) is 0 Å². The van der Waals surface area contributed by atoms with Crippen molar-refractivity contribution >= 4 is 27.9 Å². The lowest BCUT2D eigenvalue weighted by Gasteiger charge is -2.13. The number of nitrogens with two attached hydrogens (primary N) is 2. The van der Waals surface area contributed by atoms with Crippen molar-refractivity contribution in [3.05, 3.63) is 10.4 Å². The highest BCUT2D eigenvalue weighted by atomic mass is 32.1. The molecule has 1 fully saturated rings. The molecule has 0 radical (unpaired) electrons. The lowest BCUT2D eigenvalue weighted by atomic mass is 10.0. The third-order valence-corrected chi connectivity index (χ3v) is 4.69. The van der Waals surface area contributed by atoms with Gasteiger partial charge in [-0.25, -0.2) is 0 Å². The van der Waals surface area contributed by atoms with Crippen LogP contribution in [0.3, 0.4) is 0 Å². The molecule has 0 spiro atoms. The first-order chi connectivity index (χ1) is 8.53. The van der Waals surface area contributed by atoms with Crippen molar-refractivity contribution in [2.45, 2.75) is 26.2 Å². The van der Waals surface area contributed by atoms with Crippen LogP contribution in [0.25, 0.3) is 0 Å². The first kappa shape index (κ1) is 12.7. The third-order valence-electron chi connectivity index (χ3n) is 3.62. The van der Waals surface area contributed by atoms with E-state index in [0.717, 1.165) is 13.0 Å². The van der Waals surface area contributed by atoms with E-state index in [2.05, 4.69) is 12.2 Å². The van der Waals surface area contributed by atoms with Crippen LogP contribution in [0, 0.1) is 16.7 Å². The Morgan fingerprint density at radius 1 is 1.61 bits per heavy atom. The Morgan fingerprint density at radius 3 is 2.72 bits per heavy atom. The summed E-state index contributed by atoms with van der Waals surface area (Å²) in [5.74, 6) is -0.589. The number of nitrogens with zero attached hydrogens (tertiary/aromatic N) is 1. The SMILES string of the molecule is CCC1(CNc2sc(C#N)c(N)c2C(N)=O)CC1. The van der Waals surface area contributed by atoms with Crippen molar-refractivity contribution < 1.29 is 4.79 Å². The summed E-state index contributed by atoms with van der Waals surface area (Å²) in [7, 11) is 0. The Bertz CT molecular complexity index is 525. The van der Waals surface area contributed by atoms with Crippen molar-refractivity contribution in [1.29, 1.82) is 5.26 Å². The van der Waals surface area contributed by atoms with Crippen LogP contribution in [0.5, 0.6) is 0 Å². The standard InChI is InChI=1S/C12H16N4OS/c1-2-12(3-4-12)6-16-11-8(10(15)17)9(14)7(5-13)18-11/h16H,2-4,6,14H2,1H3,(H2,15,17). The molecule has 0 bridgehead atoms. The van der Waals surface area contributed by atoms with E-state index in [-0.39, 0.29) is 11.3 Å². The average Bonchev–Trinajstić information content (AvgIpc) is 3.05. The molecule has 1 aromatic rings. The molecule has 0 aliphatic heterocycles. The Kier molecular flexibility index (Phi) is 3.18. The maximum Gasteiger partial charge on any atom is 0.253 e. The number of amides is 1. The van der Waals surface area contributed by atoms with Gasteiger partial charge in [-0.2, -0.15) is 5.26 Å². The fraction of sp³-hybridized carbons (Fsp3) is 0.500. The summed E-state index contributed by atoms with van der Waals surface area (Å²) in [5.41, 5.74) is 11.9. The fourth-order valence-corrected chi connectivity index (χ4v) is 2.91. The van der Waals surface area contributed by atoms with Gasteiger partial charge in [0.2, 0.25) is 0 Å². The summed E-state index contributed by atoms with van der Waals surface area (Å²) in [6.45, 7) is 2.96. The Morgan fingerprint density at radius 2 is 2.28 bits per heavy atom. The molecule has 18 heavy (non-hydrogen) atoms. The summed E-state index contributed by atoms with van der Waals surface area (Å²) in [5, 5.41) is 12.8. The third kappa shape index (κ3) is 2.14. The molecule has 2 rings (SSSR count). The summed E-state index contributed by atoms with van der Waals surface area (Å²) in [6.07, 6.45) is 3.51. The van der Waals surface area contributed by atoms with E-state index < -0.39 is 5.91 Å². The molecule has 1 aliphatic rings. The smallest absolute Gasteiger partial charge is 0.253 e. The first-order valence-electron chi connectivity index (χ1n) is 5.89. The number of thiophene rings is 1. The Labute approximate surface area is 110 Å². The maximum atomic E-state index is 11.4. The van der Waals surface area contributed by atoms with Crippen LogP contribution in [0.4, 0.5) is 10.7 Å². The summed E-state index contributed by atoms with van der Waals surface area (Å²) >= 11 is 1.20. The molecule has 6 heteroatoms. The summed E-state index contributed by atoms with van der Waals surface area (Å²) < 4.78 is 0. The Hall–Kier alpha value is -1.74. The predicted molar refractivity (Wildman–Crippen MR) is 72.4 cm³/mol. The number of hydrogen-bond donors (Lipinski definition) is 3. The molecule has 1 aliphatic carbocycles. The number of rotatable bonds is 5. The van der Waals surface area contributed by atoms with E-state index in [1.54, 1.807) is 0 Å².